The van der Waals surface area contributed by atoms with Crippen molar-refractivity contribution in [3.8, 4) is 11.5 Å². The maximum Gasteiger partial charge on any atom is 0.150 e. The predicted octanol–water partition coefficient (Wildman–Crippen LogP) is 4.21. The third-order valence-corrected chi connectivity index (χ3v) is 5.24. The minimum atomic E-state index is -0.0244. The Morgan fingerprint density at radius 3 is 2.91 bits per heavy atom. The molecule has 0 bridgehead atoms. The molecule has 0 saturated carbocycles. The van der Waals surface area contributed by atoms with Crippen LogP contribution >= 0.6 is 0 Å². The van der Waals surface area contributed by atoms with Crippen LogP contribution in [-0.2, 0) is 4.74 Å². The topological polar surface area (TPSA) is 21.7 Å². The number of nitrogens with zero attached hydrogens (tertiary/aromatic N) is 1. The lowest BCUT2D eigenvalue weighted by Gasteiger charge is -2.55. The van der Waals surface area contributed by atoms with Gasteiger partial charge in [-0.25, -0.2) is 0 Å². The first-order chi connectivity index (χ1) is 10.8. The lowest BCUT2D eigenvalue weighted by Crippen LogP contribution is -2.63. The first kappa shape index (κ1) is 12.5. The van der Waals surface area contributed by atoms with Crippen molar-refractivity contribution in [1.82, 2.24) is 0 Å². The van der Waals surface area contributed by atoms with Crippen molar-refractivity contribution in [2.45, 2.75) is 31.4 Å². The summed E-state index contributed by atoms with van der Waals surface area (Å²) in [5, 5.41) is 0. The average molecular weight is 293 g/mol. The van der Waals surface area contributed by atoms with Gasteiger partial charge in [0.15, 0.2) is 5.75 Å². The molecule has 2 aromatic rings. The van der Waals surface area contributed by atoms with Crippen molar-refractivity contribution in [3.63, 3.8) is 0 Å². The van der Waals surface area contributed by atoms with E-state index in [1.165, 1.54) is 16.8 Å². The lowest BCUT2D eigenvalue weighted by atomic mass is 9.76. The minimum absolute atomic E-state index is 0.0244. The van der Waals surface area contributed by atoms with Crippen molar-refractivity contribution < 1.29 is 9.47 Å². The van der Waals surface area contributed by atoms with Crippen LogP contribution in [0.25, 0.3) is 0 Å². The highest BCUT2D eigenvalue weighted by molar-refractivity contribution is 5.68. The van der Waals surface area contributed by atoms with Crippen LogP contribution in [0.5, 0.6) is 11.5 Å². The molecule has 112 valence electrons. The second kappa shape index (κ2) is 4.26. The molecule has 22 heavy (non-hydrogen) atoms. The Labute approximate surface area is 130 Å². The van der Waals surface area contributed by atoms with Crippen molar-refractivity contribution in [2.75, 3.05) is 18.1 Å². The number of aryl methyl sites for hydroxylation is 1. The molecule has 5 rings (SSSR count). The quantitative estimate of drug-likeness (QED) is 0.726. The van der Waals surface area contributed by atoms with E-state index in [0.717, 1.165) is 37.5 Å². The molecular formula is C19H19NO2. The van der Waals surface area contributed by atoms with E-state index in [-0.39, 0.29) is 11.6 Å². The van der Waals surface area contributed by atoms with Gasteiger partial charge in [-0.2, -0.15) is 0 Å². The molecule has 2 fully saturated rings. The summed E-state index contributed by atoms with van der Waals surface area (Å²) >= 11 is 0. The molecule has 3 aliphatic heterocycles. The van der Waals surface area contributed by atoms with E-state index in [9.17, 15) is 0 Å². The predicted molar refractivity (Wildman–Crippen MR) is 85.7 cm³/mol. The summed E-state index contributed by atoms with van der Waals surface area (Å²) < 4.78 is 12.5. The zero-order valence-corrected chi connectivity index (χ0v) is 12.7. The zero-order valence-electron chi connectivity index (χ0n) is 12.7. The van der Waals surface area contributed by atoms with Gasteiger partial charge in [0, 0.05) is 12.2 Å². The maximum absolute atomic E-state index is 6.24. The lowest BCUT2D eigenvalue weighted by molar-refractivity contribution is -0.0564. The molecule has 3 heterocycles. The molecule has 3 aliphatic rings. The summed E-state index contributed by atoms with van der Waals surface area (Å²) in [6.07, 6.45) is 2.30. The Bertz CT molecular complexity index is 749. The minimum Gasteiger partial charge on any atom is -0.455 e. The molecule has 0 radical (unpaired) electrons. The number of hydrogen-bond donors (Lipinski definition) is 0. The van der Waals surface area contributed by atoms with Gasteiger partial charge in [0.2, 0.25) is 0 Å². The van der Waals surface area contributed by atoms with Crippen LogP contribution in [0.3, 0.4) is 0 Å². The maximum atomic E-state index is 6.24. The van der Waals surface area contributed by atoms with E-state index >= 15 is 0 Å². The second-order valence-electron chi connectivity index (χ2n) is 6.66. The van der Waals surface area contributed by atoms with Crippen molar-refractivity contribution in [1.29, 1.82) is 0 Å². The summed E-state index contributed by atoms with van der Waals surface area (Å²) in [6.45, 7) is 3.99. The van der Waals surface area contributed by atoms with Gasteiger partial charge in [0.25, 0.3) is 0 Å². The molecule has 0 unspecified atom stereocenters. The van der Waals surface area contributed by atoms with Crippen molar-refractivity contribution in [3.05, 3.63) is 53.6 Å². The van der Waals surface area contributed by atoms with Crippen LogP contribution in [0.1, 0.15) is 30.0 Å². The fourth-order valence-corrected chi connectivity index (χ4v) is 4.25. The molecule has 1 spiro atoms. The molecular weight excluding hydrogens is 274 g/mol. The van der Waals surface area contributed by atoms with E-state index in [2.05, 4.69) is 48.2 Å². The summed E-state index contributed by atoms with van der Waals surface area (Å²) in [4.78, 5) is 2.45. The Balaban J connectivity index is 1.72. The van der Waals surface area contributed by atoms with Gasteiger partial charge in [-0.1, -0.05) is 29.8 Å². The normalized spacial score (nSPS) is 28.2. The summed E-state index contributed by atoms with van der Waals surface area (Å²) in [7, 11) is 0. The van der Waals surface area contributed by atoms with Crippen LogP contribution in [0.4, 0.5) is 5.69 Å². The van der Waals surface area contributed by atoms with Crippen LogP contribution in [-0.4, -0.2) is 18.8 Å². The SMILES string of the molecule is Cc1ccc2c(c1)[C@@H]1N(C[C@@]13CCCO3)c1ccccc1O2. The number of hydrogen-bond acceptors (Lipinski definition) is 3. The van der Waals surface area contributed by atoms with E-state index < -0.39 is 0 Å². The average Bonchev–Trinajstić information content (AvgIpc) is 2.96. The standard InChI is InChI=1S/C19H19NO2/c1-13-7-8-16-14(11-13)18-19(9-4-10-21-19)12-20(18)15-5-2-3-6-17(15)22-16/h2-3,5-8,11,18H,4,9-10,12H2,1H3/t18-,19-/m0/s1. The molecule has 0 amide bonds. The number of ether oxygens (including phenoxy) is 2. The fourth-order valence-electron chi connectivity index (χ4n) is 4.25. The molecule has 3 nitrogen and oxygen atoms in total. The van der Waals surface area contributed by atoms with Gasteiger partial charge < -0.3 is 14.4 Å². The second-order valence-corrected chi connectivity index (χ2v) is 6.66. The molecule has 2 atom stereocenters. The number of anilines is 1. The Hall–Kier alpha value is -2.00. The van der Waals surface area contributed by atoms with Gasteiger partial charge in [-0.15, -0.1) is 0 Å². The van der Waals surface area contributed by atoms with Crippen LogP contribution in [0, 0.1) is 6.92 Å². The van der Waals surface area contributed by atoms with Crippen LogP contribution in [0.2, 0.25) is 0 Å². The molecule has 0 aromatic heterocycles. The highest BCUT2D eigenvalue weighted by atomic mass is 16.5. The Morgan fingerprint density at radius 2 is 2.05 bits per heavy atom. The van der Waals surface area contributed by atoms with E-state index in [0.29, 0.717) is 0 Å². The van der Waals surface area contributed by atoms with Gasteiger partial charge in [-0.05, 0) is 38.0 Å². The van der Waals surface area contributed by atoms with Gasteiger partial charge in [0.05, 0.1) is 18.3 Å². The molecule has 0 N–H and O–H groups in total. The summed E-state index contributed by atoms with van der Waals surface area (Å²) in [5.41, 5.74) is 3.70. The number of benzene rings is 2. The largest absolute Gasteiger partial charge is 0.455 e. The monoisotopic (exact) mass is 293 g/mol. The molecule has 2 aromatic carbocycles. The van der Waals surface area contributed by atoms with Crippen molar-refractivity contribution >= 4 is 5.69 Å². The van der Waals surface area contributed by atoms with E-state index in [1.807, 2.05) is 6.07 Å². The smallest absolute Gasteiger partial charge is 0.150 e. The number of fused-ring (bicyclic) bond motifs is 6. The zero-order chi connectivity index (χ0) is 14.7. The first-order valence-corrected chi connectivity index (χ1v) is 8.05. The van der Waals surface area contributed by atoms with Crippen molar-refractivity contribution in [2.24, 2.45) is 0 Å². The summed E-state index contributed by atoms with van der Waals surface area (Å²) in [6, 6.07) is 15.1. The highest BCUT2D eigenvalue weighted by Crippen LogP contribution is 2.57. The van der Waals surface area contributed by atoms with E-state index in [1.54, 1.807) is 0 Å². The fraction of sp³-hybridized carbons (Fsp3) is 0.368. The van der Waals surface area contributed by atoms with Gasteiger partial charge in [-0.3, -0.25) is 0 Å². The number of para-hydroxylation sites is 2. The first-order valence-electron chi connectivity index (χ1n) is 8.05. The molecule has 2 saturated heterocycles. The third-order valence-electron chi connectivity index (χ3n) is 5.24. The third kappa shape index (κ3) is 1.55. The molecule has 0 aliphatic carbocycles. The van der Waals surface area contributed by atoms with Crippen LogP contribution < -0.4 is 9.64 Å². The summed E-state index contributed by atoms with van der Waals surface area (Å²) in [5.74, 6) is 1.92. The van der Waals surface area contributed by atoms with Crippen LogP contribution in [0.15, 0.2) is 42.5 Å². The van der Waals surface area contributed by atoms with Gasteiger partial charge in [0.1, 0.15) is 11.4 Å². The Morgan fingerprint density at radius 1 is 1.14 bits per heavy atom. The van der Waals surface area contributed by atoms with Gasteiger partial charge >= 0.3 is 0 Å². The molecule has 3 heteroatoms. The Kier molecular flexibility index (Phi) is 2.43. The number of rotatable bonds is 0. The highest BCUT2D eigenvalue weighted by Gasteiger charge is 2.58. The van der Waals surface area contributed by atoms with E-state index in [4.69, 9.17) is 9.47 Å².